The van der Waals surface area contributed by atoms with Crippen LogP contribution < -0.4 is 5.73 Å². The second-order valence-electron chi connectivity index (χ2n) is 4.71. The minimum absolute atomic E-state index is 0.276. The lowest BCUT2D eigenvalue weighted by Crippen LogP contribution is -2.12. The summed E-state index contributed by atoms with van der Waals surface area (Å²) in [6, 6.07) is 7.37. The smallest absolute Gasteiger partial charge is 0.115 e. The van der Waals surface area contributed by atoms with Gasteiger partial charge in [-0.15, -0.1) is 11.3 Å². The molecule has 0 amide bonds. The van der Waals surface area contributed by atoms with Gasteiger partial charge in [-0.3, -0.25) is 4.98 Å². The Kier molecular flexibility index (Phi) is 3.46. The SMILES string of the molecule is Cc1nc(C(N)c2ccc(Cl)c3cccnc23)sc1C. The van der Waals surface area contributed by atoms with Gasteiger partial charge in [-0.05, 0) is 32.0 Å². The van der Waals surface area contributed by atoms with Crippen LogP contribution in [-0.4, -0.2) is 9.97 Å². The zero-order chi connectivity index (χ0) is 14.3. The third-order valence-corrected chi connectivity index (χ3v) is 4.88. The third kappa shape index (κ3) is 2.20. The molecule has 0 spiro atoms. The molecule has 0 saturated heterocycles. The predicted molar refractivity (Wildman–Crippen MR) is 84.4 cm³/mol. The van der Waals surface area contributed by atoms with Crippen molar-refractivity contribution in [3.8, 4) is 0 Å². The standard InChI is InChI=1S/C15H14ClN3S/c1-8-9(2)20-15(19-8)13(17)11-5-6-12(16)10-4-3-7-18-14(10)11/h3-7,13H,17H2,1-2H3. The zero-order valence-electron chi connectivity index (χ0n) is 11.2. The molecule has 2 heterocycles. The summed E-state index contributed by atoms with van der Waals surface area (Å²) in [6.45, 7) is 4.06. The highest BCUT2D eigenvalue weighted by Crippen LogP contribution is 2.32. The van der Waals surface area contributed by atoms with Gasteiger partial charge in [0.1, 0.15) is 5.01 Å². The molecule has 0 fully saturated rings. The number of hydrogen-bond donors (Lipinski definition) is 1. The van der Waals surface area contributed by atoms with Crippen molar-refractivity contribution in [3.63, 3.8) is 0 Å². The highest BCUT2D eigenvalue weighted by atomic mass is 35.5. The summed E-state index contributed by atoms with van der Waals surface area (Å²) < 4.78 is 0. The molecule has 1 atom stereocenters. The van der Waals surface area contributed by atoms with Crippen molar-refractivity contribution in [2.24, 2.45) is 5.73 Å². The van der Waals surface area contributed by atoms with E-state index in [2.05, 4.69) is 16.9 Å². The molecule has 0 aliphatic heterocycles. The molecule has 1 aromatic carbocycles. The minimum Gasteiger partial charge on any atom is -0.318 e. The second-order valence-corrected chi connectivity index (χ2v) is 6.35. The van der Waals surface area contributed by atoms with Gasteiger partial charge in [-0.2, -0.15) is 0 Å². The van der Waals surface area contributed by atoms with E-state index in [0.29, 0.717) is 5.02 Å². The van der Waals surface area contributed by atoms with Crippen LogP contribution in [-0.2, 0) is 0 Å². The molecule has 20 heavy (non-hydrogen) atoms. The van der Waals surface area contributed by atoms with E-state index in [4.69, 9.17) is 17.3 Å². The van der Waals surface area contributed by atoms with E-state index in [0.717, 1.165) is 27.2 Å². The molecule has 3 aromatic rings. The number of thiazole rings is 1. The number of rotatable bonds is 2. The molecule has 2 aromatic heterocycles. The van der Waals surface area contributed by atoms with Gasteiger partial charge in [0, 0.05) is 27.0 Å². The Hall–Kier alpha value is -1.49. The summed E-state index contributed by atoms with van der Waals surface area (Å²) in [5.41, 5.74) is 9.22. The van der Waals surface area contributed by atoms with E-state index in [1.807, 2.05) is 31.2 Å². The molecular formula is C15H14ClN3S. The predicted octanol–water partition coefficient (Wildman–Crippen LogP) is 4.01. The van der Waals surface area contributed by atoms with Gasteiger partial charge in [0.25, 0.3) is 0 Å². The monoisotopic (exact) mass is 303 g/mol. The Bertz CT molecular complexity index is 762. The molecular weight excluding hydrogens is 290 g/mol. The largest absolute Gasteiger partial charge is 0.318 e. The maximum atomic E-state index is 6.38. The van der Waals surface area contributed by atoms with E-state index < -0.39 is 0 Å². The van der Waals surface area contributed by atoms with Gasteiger partial charge >= 0.3 is 0 Å². The fourth-order valence-electron chi connectivity index (χ4n) is 2.17. The molecule has 0 aliphatic carbocycles. The van der Waals surface area contributed by atoms with Gasteiger partial charge in [-0.1, -0.05) is 17.7 Å². The Labute approximate surface area is 126 Å². The molecule has 1 unspecified atom stereocenters. The zero-order valence-corrected chi connectivity index (χ0v) is 12.8. The average molecular weight is 304 g/mol. The first-order valence-electron chi connectivity index (χ1n) is 6.30. The second kappa shape index (κ2) is 5.13. The van der Waals surface area contributed by atoms with Crippen molar-refractivity contribution in [2.75, 3.05) is 0 Å². The maximum absolute atomic E-state index is 6.38. The normalized spacial score (nSPS) is 12.8. The lowest BCUT2D eigenvalue weighted by atomic mass is 10.0. The van der Waals surface area contributed by atoms with Crippen molar-refractivity contribution in [1.29, 1.82) is 0 Å². The fraction of sp³-hybridized carbons (Fsp3) is 0.200. The lowest BCUT2D eigenvalue weighted by molar-refractivity contribution is 0.857. The first-order chi connectivity index (χ1) is 9.58. The van der Waals surface area contributed by atoms with Crippen LogP contribution in [0.3, 0.4) is 0 Å². The molecule has 0 bridgehead atoms. The molecule has 5 heteroatoms. The van der Waals surface area contributed by atoms with E-state index in [9.17, 15) is 0 Å². The number of hydrogen-bond acceptors (Lipinski definition) is 4. The van der Waals surface area contributed by atoms with E-state index in [-0.39, 0.29) is 6.04 Å². The highest BCUT2D eigenvalue weighted by molar-refractivity contribution is 7.11. The Balaban J connectivity index is 2.17. The summed E-state index contributed by atoms with van der Waals surface area (Å²) >= 11 is 7.85. The van der Waals surface area contributed by atoms with Crippen molar-refractivity contribution < 1.29 is 0 Å². The van der Waals surface area contributed by atoms with Crippen LogP contribution >= 0.6 is 22.9 Å². The van der Waals surface area contributed by atoms with Gasteiger partial charge in [0.2, 0.25) is 0 Å². The molecule has 0 radical (unpaired) electrons. The Morgan fingerprint density at radius 1 is 1.25 bits per heavy atom. The summed E-state index contributed by atoms with van der Waals surface area (Å²) in [7, 11) is 0. The van der Waals surface area contributed by atoms with Gasteiger partial charge in [0.15, 0.2) is 0 Å². The molecule has 0 aliphatic rings. The van der Waals surface area contributed by atoms with Crippen molar-refractivity contribution in [3.05, 3.63) is 56.6 Å². The molecule has 102 valence electrons. The lowest BCUT2D eigenvalue weighted by Gasteiger charge is -2.12. The van der Waals surface area contributed by atoms with Crippen LogP contribution in [0.25, 0.3) is 10.9 Å². The first kappa shape index (κ1) is 13.5. The van der Waals surface area contributed by atoms with Crippen LogP contribution in [0, 0.1) is 13.8 Å². The number of fused-ring (bicyclic) bond motifs is 1. The van der Waals surface area contributed by atoms with Crippen LogP contribution in [0.15, 0.2) is 30.5 Å². The van der Waals surface area contributed by atoms with Crippen molar-refractivity contribution in [2.45, 2.75) is 19.9 Å². The number of aryl methyl sites for hydroxylation is 2. The number of pyridine rings is 1. The summed E-state index contributed by atoms with van der Waals surface area (Å²) in [6.07, 6.45) is 1.76. The van der Waals surface area contributed by atoms with Crippen molar-refractivity contribution in [1.82, 2.24) is 9.97 Å². The van der Waals surface area contributed by atoms with Gasteiger partial charge < -0.3 is 5.73 Å². The van der Waals surface area contributed by atoms with Crippen LogP contribution in [0.2, 0.25) is 5.02 Å². The quantitative estimate of drug-likeness (QED) is 0.778. The molecule has 0 saturated carbocycles. The number of halogens is 1. The minimum atomic E-state index is -0.276. The van der Waals surface area contributed by atoms with Crippen LogP contribution in [0.4, 0.5) is 0 Å². The number of nitrogens with two attached hydrogens (primary N) is 1. The molecule has 3 rings (SSSR count). The maximum Gasteiger partial charge on any atom is 0.115 e. The Morgan fingerprint density at radius 3 is 2.75 bits per heavy atom. The first-order valence-corrected chi connectivity index (χ1v) is 7.50. The average Bonchev–Trinajstić information content (AvgIpc) is 2.79. The van der Waals surface area contributed by atoms with Crippen LogP contribution in [0.5, 0.6) is 0 Å². The number of benzene rings is 1. The fourth-order valence-corrected chi connectivity index (χ4v) is 3.33. The van der Waals surface area contributed by atoms with Crippen LogP contribution in [0.1, 0.15) is 27.2 Å². The summed E-state index contributed by atoms with van der Waals surface area (Å²) in [5.74, 6) is 0. The topological polar surface area (TPSA) is 51.8 Å². The van der Waals surface area contributed by atoms with E-state index in [1.165, 1.54) is 4.88 Å². The third-order valence-electron chi connectivity index (χ3n) is 3.39. The Morgan fingerprint density at radius 2 is 2.05 bits per heavy atom. The highest BCUT2D eigenvalue weighted by Gasteiger charge is 2.18. The molecule has 2 N–H and O–H groups in total. The van der Waals surface area contributed by atoms with Gasteiger partial charge in [0.05, 0.1) is 17.3 Å². The van der Waals surface area contributed by atoms with Crippen molar-refractivity contribution >= 4 is 33.8 Å². The van der Waals surface area contributed by atoms with E-state index >= 15 is 0 Å². The number of aromatic nitrogens is 2. The van der Waals surface area contributed by atoms with E-state index in [1.54, 1.807) is 17.5 Å². The van der Waals surface area contributed by atoms with Gasteiger partial charge in [-0.25, -0.2) is 4.98 Å². The summed E-state index contributed by atoms with van der Waals surface area (Å²) in [5, 5.41) is 2.52. The molecule has 3 nitrogen and oxygen atoms in total. The summed E-state index contributed by atoms with van der Waals surface area (Å²) in [4.78, 5) is 10.2. The number of nitrogens with zero attached hydrogens (tertiary/aromatic N) is 2.